The molecule has 1 aromatic heterocycles. The maximum atomic E-state index is 9.11. The summed E-state index contributed by atoms with van der Waals surface area (Å²) in [6.07, 6.45) is 0. The average Bonchev–Trinajstić information content (AvgIpc) is 1.84. The smallest absolute Gasteiger partial charge is 0 e. The van der Waals surface area contributed by atoms with Gasteiger partial charge in [-0.15, -0.1) is 0 Å². The Morgan fingerprint density at radius 3 is 2.18 bits per heavy atom. The molecule has 0 unspecified atom stereocenters. The van der Waals surface area contributed by atoms with Crippen molar-refractivity contribution in [2.45, 2.75) is 20.8 Å². The molecule has 0 aliphatic heterocycles. The first-order valence-electron chi connectivity index (χ1n) is 3.25. The van der Waals surface area contributed by atoms with Crippen molar-refractivity contribution < 1.29 is 32.7 Å². The van der Waals surface area contributed by atoms with Crippen molar-refractivity contribution >= 4 is 0 Å². The molecule has 0 fully saturated rings. The molecule has 1 heterocycles. The maximum Gasteiger partial charge on any atom is 0 e. The van der Waals surface area contributed by atoms with Gasteiger partial charge in [0.1, 0.15) is 0 Å². The molecule has 57 valence electrons. The van der Waals surface area contributed by atoms with E-state index in [1.54, 1.807) is 0 Å². The van der Waals surface area contributed by atoms with Crippen molar-refractivity contribution in [1.29, 1.82) is 0 Å². The summed E-state index contributed by atoms with van der Waals surface area (Å²) in [5.74, 6) is 0. The normalized spacial score (nSPS) is 9.00. The molecule has 2 nitrogen and oxygen atoms in total. The first-order valence-corrected chi connectivity index (χ1v) is 3.25. The molecule has 0 aliphatic rings. The van der Waals surface area contributed by atoms with Gasteiger partial charge in [-0.05, 0) is 13.8 Å². The summed E-state index contributed by atoms with van der Waals surface area (Å²) >= 11 is 0. The molecule has 1 radical (unpaired) electrons. The van der Waals surface area contributed by atoms with Gasteiger partial charge in [-0.2, -0.15) is 5.69 Å². The van der Waals surface area contributed by atoms with E-state index in [1.807, 2.05) is 26.8 Å². The molecular weight excluding hydrogens is 213 g/mol. The molecule has 0 aliphatic carbocycles. The second-order valence-corrected chi connectivity index (χ2v) is 2.53. The minimum atomic E-state index is 0. The Hall–Kier alpha value is 0.0539. The predicted molar refractivity (Wildman–Crippen MR) is 40.5 cm³/mol. The van der Waals surface area contributed by atoms with E-state index in [4.69, 9.17) is 5.41 Å². The SMILES string of the molecule is Cc1cc(C)c(=[N-])[n-]c1C.[Y]. The number of nitrogens with zero attached hydrogens (tertiary/aromatic N) is 2. The van der Waals surface area contributed by atoms with E-state index >= 15 is 0 Å². The Kier molecular flexibility index (Phi) is 4.19. The summed E-state index contributed by atoms with van der Waals surface area (Å²) in [6, 6.07) is 1.93. The predicted octanol–water partition coefficient (Wildman–Crippen LogP) is 1.04. The van der Waals surface area contributed by atoms with Crippen LogP contribution in [-0.4, -0.2) is 0 Å². The topological polar surface area (TPSA) is 36.4 Å². The first-order chi connectivity index (χ1) is 4.61. The van der Waals surface area contributed by atoms with E-state index < -0.39 is 0 Å². The summed E-state index contributed by atoms with van der Waals surface area (Å²) in [7, 11) is 0. The molecule has 0 spiro atoms. The van der Waals surface area contributed by atoms with E-state index in [0.717, 1.165) is 16.8 Å². The number of hydrogen-bond acceptors (Lipinski definition) is 0. The van der Waals surface area contributed by atoms with Crippen LogP contribution < -0.4 is 10.5 Å². The van der Waals surface area contributed by atoms with Gasteiger partial charge >= 0.3 is 0 Å². The molecule has 0 bridgehead atoms. The minimum Gasteiger partial charge on any atom is -0.824 e. The number of aryl methyl sites for hydroxylation is 3. The molecule has 11 heavy (non-hydrogen) atoms. The van der Waals surface area contributed by atoms with Gasteiger partial charge in [-0.3, -0.25) is 5.49 Å². The van der Waals surface area contributed by atoms with Gasteiger partial charge in [0.15, 0.2) is 0 Å². The summed E-state index contributed by atoms with van der Waals surface area (Å²) in [6.45, 7) is 5.71. The second-order valence-electron chi connectivity index (χ2n) is 2.53. The van der Waals surface area contributed by atoms with Crippen LogP contribution in [-0.2, 0) is 32.7 Å². The minimum absolute atomic E-state index is 0. The van der Waals surface area contributed by atoms with Gasteiger partial charge < -0.3 is 10.4 Å². The monoisotopic (exact) mass is 223 g/mol. The van der Waals surface area contributed by atoms with Crippen LogP contribution >= 0.6 is 0 Å². The Morgan fingerprint density at radius 2 is 1.73 bits per heavy atom. The van der Waals surface area contributed by atoms with Gasteiger partial charge in [-0.1, -0.05) is 24.1 Å². The zero-order valence-corrected chi connectivity index (χ0v) is 9.89. The van der Waals surface area contributed by atoms with E-state index in [9.17, 15) is 0 Å². The number of pyridine rings is 1. The zero-order chi connectivity index (χ0) is 7.72. The molecule has 0 amide bonds. The van der Waals surface area contributed by atoms with Crippen LogP contribution in [0.1, 0.15) is 16.8 Å². The Labute approximate surface area is 91.8 Å². The zero-order valence-electron chi connectivity index (χ0n) is 7.05. The molecule has 3 heteroatoms. The maximum absolute atomic E-state index is 9.11. The van der Waals surface area contributed by atoms with Crippen molar-refractivity contribution in [2.75, 3.05) is 0 Å². The summed E-state index contributed by atoms with van der Waals surface area (Å²) in [5.41, 5.74) is 2.99. The Morgan fingerprint density at radius 1 is 1.18 bits per heavy atom. The third-order valence-corrected chi connectivity index (χ3v) is 1.63. The fourth-order valence-electron chi connectivity index (χ4n) is 0.829. The fraction of sp³-hybridized carbons (Fsp3) is 0.375. The molecule has 1 rings (SSSR count). The molecular formula is C8H10N2Y-2. The summed E-state index contributed by atoms with van der Waals surface area (Å²) < 4.78 is 0. The van der Waals surface area contributed by atoms with Crippen LogP contribution in [0.4, 0.5) is 0 Å². The van der Waals surface area contributed by atoms with Gasteiger partial charge in [0.05, 0.1) is 0 Å². The van der Waals surface area contributed by atoms with Gasteiger partial charge in [0, 0.05) is 32.7 Å². The first kappa shape index (κ1) is 11.1. The largest absolute Gasteiger partial charge is 0.824 e. The van der Waals surface area contributed by atoms with Crippen molar-refractivity contribution in [2.24, 2.45) is 0 Å². The summed E-state index contributed by atoms with van der Waals surface area (Å²) in [4.78, 5) is 3.93. The molecule has 0 saturated carbocycles. The third kappa shape index (κ3) is 2.53. The Bertz CT molecular complexity index is 301. The average molecular weight is 223 g/mol. The third-order valence-electron chi connectivity index (χ3n) is 1.63. The standard InChI is InChI=1S/C8H10N2.Y/c1-5-4-6(2)8(9)10-7(5)3;/h4H,1-3H3;/q-2;. The van der Waals surface area contributed by atoms with Crippen LogP contribution in [0.15, 0.2) is 6.07 Å². The number of aromatic nitrogens is 1. The molecule has 0 atom stereocenters. The van der Waals surface area contributed by atoms with Crippen LogP contribution in [0.25, 0.3) is 5.41 Å². The van der Waals surface area contributed by atoms with Crippen molar-refractivity contribution in [3.8, 4) is 0 Å². The van der Waals surface area contributed by atoms with Crippen LogP contribution in [0.2, 0.25) is 0 Å². The van der Waals surface area contributed by atoms with Crippen molar-refractivity contribution in [3.05, 3.63) is 33.8 Å². The van der Waals surface area contributed by atoms with E-state index in [2.05, 4.69) is 4.98 Å². The quantitative estimate of drug-likeness (QED) is 0.647. The van der Waals surface area contributed by atoms with Gasteiger partial charge in [-0.25, -0.2) is 0 Å². The molecule has 1 aromatic rings. The molecule has 0 aromatic carbocycles. The van der Waals surface area contributed by atoms with Crippen LogP contribution in [0.5, 0.6) is 0 Å². The van der Waals surface area contributed by atoms with Crippen molar-refractivity contribution in [3.63, 3.8) is 0 Å². The van der Waals surface area contributed by atoms with Gasteiger partial charge in [0.2, 0.25) is 0 Å². The Balaban J connectivity index is 0.000001000. The van der Waals surface area contributed by atoms with E-state index in [-0.39, 0.29) is 38.2 Å². The van der Waals surface area contributed by atoms with Crippen LogP contribution in [0, 0.1) is 20.8 Å². The van der Waals surface area contributed by atoms with E-state index in [0.29, 0.717) is 0 Å². The second kappa shape index (κ2) is 4.17. The number of hydrogen-bond donors (Lipinski definition) is 0. The fourth-order valence-corrected chi connectivity index (χ4v) is 0.829. The van der Waals surface area contributed by atoms with Crippen molar-refractivity contribution in [1.82, 2.24) is 4.98 Å². The van der Waals surface area contributed by atoms with Crippen LogP contribution in [0.3, 0.4) is 0 Å². The number of rotatable bonds is 0. The molecule has 0 N–H and O–H groups in total. The summed E-state index contributed by atoms with van der Waals surface area (Å²) in [5, 5.41) is 9.11. The molecule has 0 saturated heterocycles. The van der Waals surface area contributed by atoms with E-state index in [1.165, 1.54) is 0 Å². The van der Waals surface area contributed by atoms with Gasteiger partial charge in [0.25, 0.3) is 0 Å².